The predicted octanol–water partition coefficient (Wildman–Crippen LogP) is 2.67. The molecule has 0 spiro atoms. The van der Waals surface area contributed by atoms with Gasteiger partial charge in [-0.2, -0.15) is 0 Å². The lowest BCUT2D eigenvalue weighted by Gasteiger charge is -2.15. The van der Waals surface area contributed by atoms with Crippen molar-refractivity contribution >= 4 is 29.9 Å². The number of likely N-dealkylation sites (tertiary alicyclic amines) is 1. The molecule has 1 aliphatic rings. The van der Waals surface area contributed by atoms with Crippen LogP contribution in [0.25, 0.3) is 0 Å². The number of carbonyl (C=O) groups is 2. The van der Waals surface area contributed by atoms with Crippen molar-refractivity contribution in [3.63, 3.8) is 0 Å². The first-order chi connectivity index (χ1) is 12.1. The monoisotopic (exact) mass is 373 g/mol. The fourth-order valence-corrected chi connectivity index (χ4v) is 2.94. The molecule has 2 aromatic rings. The van der Waals surface area contributed by atoms with Gasteiger partial charge in [0.2, 0.25) is 11.8 Å². The predicted molar refractivity (Wildman–Crippen MR) is 105 cm³/mol. The highest BCUT2D eigenvalue weighted by Crippen LogP contribution is 2.14. The van der Waals surface area contributed by atoms with Gasteiger partial charge in [0.1, 0.15) is 0 Å². The molecule has 138 valence electrons. The van der Waals surface area contributed by atoms with E-state index in [1.807, 2.05) is 41.3 Å². The molecule has 0 aliphatic carbocycles. The fraction of sp³-hybridized carbons (Fsp3) is 0.300. The van der Waals surface area contributed by atoms with Crippen LogP contribution in [0, 0.1) is 0 Å². The lowest BCUT2D eigenvalue weighted by molar-refractivity contribution is -0.128. The van der Waals surface area contributed by atoms with Crippen molar-refractivity contribution in [2.45, 2.75) is 32.4 Å². The van der Waals surface area contributed by atoms with Crippen LogP contribution >= 0.6 is 12.4 Å². The molecule has 26 heavy (non-hydrogen) atoms. The summed E-state index contributed by atoms with van der Waals surface area (Å²) >= 11 is 0. The van der Waals surface area contributed by atoms with E-state index in [0.717, 1.165) is 29.7 Å². The number of benzene rings is 2. The molecule has 1 heterocycles. The Hall–Kier alpha value is -2.53. The zero-order valence-corrected chi connectivity index (χ0v) is 15.4. The van der Waals surface area contributed by atoms with Gasteiger partial charge in [-0.25, -0.2) is 0 Å². The number of carbonyl (C=O) groups excluding carboxylic acids is 2. The van der Waals surface area contributed by atoms with Gasteiger partial charge in [0.05, 0.1) is 6.42 Å². The third kappa shape index (κ3) is 5.49. The Balaban J connectivity index is 0.00000243. The highest BCUT2D eigenvalue weighted by Gasteiger charge is 2.19. The zero-order chi connectivity index (χ0) is 17.6. The SMILES string of the molecule is Cl.Nc1ccc(CC(=O)NCc2ccc(CN3CCCC3=O)cc2)cc1. The van der Waals surface area contributed by atoms with Crippen LogP contribution in [0.5, 0.6) is 0 Å². The molecular weight excluding hydrogens is 350 g/mol. The fourth-order valence-electron chi connectivity index (χ4n) is 2.94. The van der Waals surface area contributed by atoms with Gasteiger partial charge in [0.15, 0.2) is 0 Å². The second kappa shape index (κ2) is 9.25. The second-order valence-electron chi connectivity index (χ2n) is 6.43. The van der Waals surface area contributed by atoms with E-state index in [1.165, 1.54) is 0 Å². The second-order valence-corrected chi connectivity index (χ2v) is 6.43. The summed E-state index contributed by atoms with van der Waals surface area (Å²) in [7, 11) is 0. The van der Waals surface area contributed by atoms with Crippen LogP contribution in [-0.2, 0) is 29.1 Å². The average Bonchev–Trinajstić information content (AvgIpc) is 3.01. The standard InChI is InChI=1S/C20H23N3O2.ClH/c21-18-9-7-15(8-10-18)12-19(24)22-13-16-3-5-17(6-4-16)14-23-11-1-2-20(23)25;/h3-10H,1-2,11-14,21H2,(H,22,24);1H. The van der Waals surface area contributed by atoms with Crippen molar-refractivity contribution < 1.29 is 9.59 Å². The summed E-state index contributed by atoms with van der Waals surface area (Å²) < 4.78 is 0. The molecule has 6 heteroatoms. The number of nitrogen functional groups attached to an aromatic ring is 1. The molecule has 2 amide bonds. The van der Waals surface area contributed by atoms with E-state index in [1.54, 1.807) is 12.1 Å². The quantitative estimate of drug-likeness (QED) is 0.764. The Bertz CT molecular complexity index is 745. The molecule has 1 aliphatic heterocycles. The normalized spacial score (nSPS) is 13.4. The van der Waals surface area contributed by atoms with Crippen molar-refractivity contribution in [3.05, 3.63) is 65.2 Å². The first-order valence-corrected chi connectivity index (χ1v) is 8.57. The summed E-state index contributed by atoms with van der Waals surface area (Å²) in [5.74, 6) is 0.218. The average molecular weight is 374 g/mol. The topological polar surface area (TPSA) is 75.4 Å². The van der Waals surface area contributed by atoms with E-state index in [2.05, 4.69) is 5.32 Å². The van der Waals surface area contributed by atoms with E-state index in [-0.39, 0.29) is 24.2 Å². The first-order valence-electron chi connectivity index (χ1n) is 8.57. The first kappa shape index (κ1) is 19.8. The van der Waals surface area contributed by atoms with Gasteiger partial charge < -0.3 is 16.0 Å². The van der Waals surface area contributed by atoms with Crippen molar-refractivity contribution in [3.8, 4) is 0 Å². The number of nitrogens with one attached hydrogen (secondary N) is 1. The van der Waals surface area contributed by atoms with Gasteiger partial charge in [-0.05, 0) is 35.2 Å². The van der Waals surface area contributed by atoms with Gasteiger partial charge in [-0.3, -0.25) is 9.59 Å². The molecule has 1 saturated heterocycles. The number of halogens is 1. The number of amides is 2. The summed E-state index contributed by atoms with van der Waals surface area (Å²) in [6.07, 6.45) is 1.96. The van der Waals surface area contributed by atoms with E-state index < -0.39 is 0 Å². The molecule has 0 aromatic heterocycles. The largest absolute Gasteiger partial charge is 0.399 e. The van der Waals surface area contributed by atoms with E-state index in [9.17, 15) is 9.59 Å². The molecule has 0 saturated carbocycles. The third-order valence-electron chi connectivity index (χ3n) is 4.40. The van der Waals surface area contributed by atoms with Crippen LogP contribution in [0.1, 0.15) is 29.5 Å². The summed E-state index contributed by atoms with van der Waals surface area (Å²) in [6, 6.07) is 15.4. The summed E-state index contributed by atoms with van der Waals surface area (Å²) in [4.78, 5) is 25.6. The number of rotatable bonds is 6. The molecular formula is C20H24ClN3O2. The maximum atomic E-state index is 12.0. The summed E-state index contributed by atoms with van der Waals surface area (Å²) in [6.45, 7) is 2.01. The number of hydrogen-bond acceptors (Lipinski definition) is 3. The van der Waals surface area contributed by atoms with Gasteiger partial charge in [-0.15, -0.1) is 12.4 Å². The van der Waals surface area contributed by atoms with E-state index >= 15 is 0 Å². The van der Waals surface area contributed by atoms with Crippen LogP contribution in [0.3, 0.4) is 0 Å². The van der Waals surface area contributed by atoms with Crippen LogP contribution in [0.4, 0.5) is 5.69 Å². The molecule has 0 radical (unpaired) electrons. The van der Waals surface area contributed by atoms with Gasteiger partial charge >= 0.3 is 0 Å². The molecule has 1 fully saturated rings. The van der Waals surface area contributed by atoms with Crippen LogP contribution in [0.2, 0.25) is 0 Å². The molecule has 0 unspecified atom stereocenters. The lowest BCUT2D eigenvalue weighted by atomic mass is 10.1. The minimum atomic E-state index is -0.0171. The summed E-state index contributed by atoms with van der Waals surface area (Å²) in [5, 5.41) is 2.93. The van der Waals surface area contributed by atoms with E-state index in [4.69, 9.17) is 5.73 Å². The maximum Gasteiger partial charge on any atom is 0.224 e. The van der Waals surface area contributed by atoms with Crippen molar-refractivity contribution in [2.24, 2.45) is 0 Å². The van der Waals surface area contributed by atoms with Crippen LogP contribution < -0.4 is 11.1 Å². The third-order valence-corrected chi connectivity index (χ3v) is 4.40. The van der Waals surface area contributed by atoms with Crippen molar-refractivity contribution in [1.82, 2.24) is 10.2 Å². The number of hydrogen-bond donors (Lipinski definition) is 2. The minimum Gasteiger partial charge on any atom is -0.399 e. The van der Waals surface area contributed by atoms with Crippen molar-refractivity contribution in [2.75, 3.05) is 12.3 Å². The van der Waals surface area contributed by atoms with Gasteiger partial charge in [0.25, 0.3) is 0 Å². The number of nitrogens with zero attached hydrogens (tertiary/aromatic N) is 1. The zero-order valence-electron chi connectivity index (χ0n) is 14.6. The van der Waals surface area contributed by atoms with Gasteiger partial charge in [0, 0.05) is 31.7 Å². The Morgan fingerprint density at radius 2 is 1.62 bits per heavy atom. The smallest absolute Gasteiger partial charge is 0.224 e. The molecule has 0 atom stereocenters. The summed E-state index contributed by atoms with van der Waals surface area (Å²) in [5.41, 5.74) is 9.44. The Morgan fingerprint density at radius 3 is 2.23 bits per heavy atom. The molecule has 0 bridgehead atoms. The molecule has 3 N–H and O–H groups in total. The number of nitrogens with two attached hydrogens (primary N) is 1. The van der Waals surface area contributed by atoms with Crippen molar-refractivity contribution in [1.29, 1.82) is 0 Å². The minimum absolute atomic E-state index is 0. The van der Waals surface area contributed by atoms with E-state index in [0.29, 0.717) is 31.6 Å². The Morgan fingerprint density at radius 1 is 1.00 bits per heavy atom. The number of anilines is 1. The molecule has 2 aromatic carbocycles. The van der Waals surface area contributed by atoms with Gasteiger partial charge in [-0.1, -0.05) is 36.4 Å². The Labute approximate surface area is 160 Å². The van der Waals surface area contributed by atoms with Crippen LogP contribution in [-0.4, -0.2) is 23.3 Å². The molecule has 5 nitrogen and oxygen atoms in total. The lowest BCUT2D eigenvalue weighted by Crippen LogP contribution is -2.25. The highest BCUT2D eigenvalue weighted by atomic mass is 35.5. The highest BCUT2D eigenvalue weighted by molar-refractivity contribution is 5.85. The molecule has 3 rings (SSSR count). The maximum absolute atomic E-state index is 12.0. The Kier molecular flexibility index (Phi) is 7.04. The van der Waals surface area contributed by atoms with Crippen LogP contribution in [0.15, 0.2) is 48.5 Å².